The van der Waals surface area contributed by atoms with E-state index in [1.807, 2.05) is 0 Å². The summed E-state index contributed by atoms with van der Waals surface area (Å²) in [5.74, 6) is -1.58. The molecule has 2 heterocycles. The summed E-state index contributed by atoms with van der Waals surface area (Å²) in [5, 5.41) is 0. The largest absolute Gasteiger partial charge is 0.454 e. The van der Waals surface area contributed by atoms with E-state index in [0.717, 1.165) is 25.7 Å². The lowest BCUT2D eigenvalue weighted by Gasteiger charge is -2.42. The van der Waals surface area contributed by atoms with E-state index >= 15 is 0 Å². The van der Waals surface area contributed by atoms with E-state index in [1.165, 1.54) is 0 Å². The molecule has 2 atom stereocenters. The Kier molecular flexibility index (Phi) is 4.25. The average molecular weight is 378 g/mol. The second-order valence-corrected chi connectivity index (χ2v) is 8.37. The molecule has 0 bridgehead atoms. The first-order valence-corrected chi connectivity index (χ1v) is 9.61. The van der Waals surface area contributed by atoms with Crippen molar-refractivity contribution in [2.45, 2.75) is 90.0 Å². The zero-order valence-corrected chi connectivity index (χ0v) is 16.3. The van der Waals surface area contributed by atoms with Gasteiger partial charge in [0.1, 0.15) is 23.7 Å². The van der Waals surface area contributed by atoms with Gasteiger partial charge in [-0.2, -0.15) is 0 Å². The molecule has 2 unspecified atom stereocenters. The molecule has 4 rings (SSSR count). The third kappa shape index (κ3) is 3.45. The molecule has 2 aliphatic carbocycles. The third-order valence-electron chi connectivity index (χ3n) is 5.18. The predicted molar refractivity (Wildman–Crippen MR) is 92.9 cm³/mol. The molecular weight excluding hydrogens is 352 g/mol. The summed E-state index contributed by atoms with van der Waals surface area (Å²) in [4.78, 5) is 24.7. The number of cyclic esters (lactones) is 2. The van der Waals surface area contributed by atoms with E-state index in [9.17, 15) is 9.59 Å². The number of hydrogen-bond donors (Lipinski definition) is 0. The van der Waals surface area contributed by atoms with Crippen LogP contribution in [0, 0.1) is 0 Å². The zero-order valence-electron chi connectivity index (χ0n) is 16.3. The first kappa shape index (κ1) is 18.3. The number of ether oxygens (including phenoxy) is 5. The minimum Gasteiger partial charge on any atom is -0.454 e. The standard InChI is InChI=1S/C20H26O7/c1-19(2)24-15-11(17(21)26-19)7-5-9-13(15)23-14-10-6-8-12-16(14)25-20(3,4)27-18(12)22/h13-14H,5-10H2,1-4H3. The van der Waals surface area contributed by atoms with Crippen LogP contribution in [0.15, 0.2) is 22.7 Å². The molecule has 4 aliphatic rings. The Morgan fingerprint density at radius 3 is 1.56 bits per heavy atom. The maximum atomic E-state index is 12.3. The van der Waals surface area contributed by atoms with Gasteiger partial charge in [-0.3, -0.25) is 0 Å². The van der Waals surface area contributed by atoms with Crippen LogP contribution in [0.1, 0.15) is 66.2 Å². The maximum absolute atomic E-state index is 12.3. The first-order chi connectivity index (χ1) is 12.7. The van der Waals surface area contributed by atoms with Crippen LogP contribution in [0.4, 0.5) is 0 Å². The highest BCUT2D eigenvalue weighted by atomic mass is 16.7. The Labute approximate surface area is 158 Å². The second kappa shape index (κ2) is 6.26. The van der Waals surface area contributed by atoms with Gasteiger partial charge in [0.25, 0.3) is 0 Å². The van der Waals surface area contributed by atoms with E-state index in [-0.39, 0.29) is 24.1 Å². The molecule has 0 aromatic rings. The van der Waals surface area contributed by atoms with Crippen LogP contribution in [0.3, 0.4) is 0 Å². The molecule has 0 radical (unpaired) electrons. The Morgan fingerprint density at radius 2 is 1.15 bits per heavy atom. The molecule has 7 heteroatoms. The van der Waals surface area contributed by atoms with Crippen LogP contribution in [-0.4, -0.2) is 35.7 Å². The van der Waals surface area contributed by atoms with Crippen molar-refractivity contribution in [1.29, 1.82) is 0 Å². The van der Waals surface area contributed by atoms with E-state index in [4.69, 9.17) is 23.7 Å². The molecule has 148 valence electrons. The van der Waals surface area contributed by atoms with Crippen LogP contribution in [0.25, 0.3) is 0 Å². The fourth-order valence-electron chi connectivity index (χ4n) is 4.08. The molecule has 27 heavy (non-hydrogen) atoms. The molecule has 0 spiro atoms. The Morgan fingerprint density at radius 1 is 0.741 bits per heavy atom. The van der Waals surface area contributed by atoms with Gasteiger partial charge in [-0.1, -0.05) is 0 Å². The summed E-state index contributed by atoms with van der Waals surface area (Å²) in [6.07, 6.45) is 3.65. The van der Waals surface area contributed by atoms with Gasteiger partial charge in [0.2, 0.25) is 11.6 Å². The molecule has 0 N–H and O–H groups in total. The number of hydrogen-bond acceptors (Lipinski definition) is 7. The Hall–Kier alpha value is -2.02. The molecule has 0 aromatic heterocycles. The summed E-state index contributed by atoms with van der Waals surface area (Å²) in [5.41, 5.74) is 1.11. The van der Waals surface area contributed by atoms with Gasteiger partial charge in [0, 0.05) is 27.7 Å². The zero-order chi connectivity index (χ0) is 19.4. The van der Waals surface area contributed by atoms with Gasteiger partial charge < -0.3 is 23.7 Å². The summed E-state index contributed by atoms with van der Waals surface area (Å²) in [7, 11) is 0. The lowest BCUT2D eigenvalue weighted by atomic mass is 9.91. The van der Waals surface area contributed by atoms with Crippen LogP contribution in [0.5, 0.6) is 0 Å². The lowest BCUT2D eigenvalue weighted by Crippen LogP contribution is -2.45. The fraction of sp³-hybridized carbons (Fsp3) is 0.700. The molecule has 7 nitrogen and oxygen atoms in total. The monoisotopic (exact) mass is 378 g/mol. The minimum absolute atomic E-state index is 0.336. The van der Waals surface area contributed by atoms with Crippen LogP contribution < -0.4 is 0 Å². The van der Waals surface area contributed by atoms with E-state index < -0.39 is 11.6 Å². The summed E-state index contributed by atoms with van der Waals surface area (Å²) in [6.45, 7) is 6.85. The highest BCUT2D eigenvalue weighted by Crippen LogP contribution is 2.41. The highest BCUT2D eigenvalue weighted by Gasteiger charge is 2.45. The van der Waals surface area contributed by atoms with Crippen molar-refractivity contribution in [3.05, 3.63) is 22.7 Å². The molecule has 2 aliphatic heterocycles. The van der Waals surface area contributed by atoms with Crippen LogP contribution in [0.2, 0.25) is 0 Å². The van der Waals surface area contributed by atoms with Crippen molar-refractivity contribution < 1.29 is 33.3 Å². The smallest absolute Gasteiger partial charge is 0.340 e. The van der Waals surface area contributed by atoms with Crippen LogP contribution in [-0.2, 0) is 33.3 Å². The summed E-state index contributed by atoms with van der Waals surface area (Å²) in [6, 6.07) is 0. The number of rotatable bonds is 2. The predicted octanol–water partition coefficient (Wildman–Crippen LogP) is 3.24. The SMILES string of the molecule is CC1(C)OC(=O)C2=C(O1)C(OC1CCCC3=C1OC(C)(C)OC3=O)CCC2. The minimum atomic E-state index is -1.01. The molecule has 0 aromatic carbocycles. The van der Waals surface area contributed by atoms with Gasteiger partial charge >= 0.3 is 11.9 Å². The maximum Gasteiger partial charge on any atom is 0.340 e. The quantitative estimate of drug-likeness (QED) is 0.683. The summed E-state index contributed by atoms with van der Waals surface area (Å²) >= 11 is 0. The normalized spacial score (nSPS) is 31.9. The molecule has 0 fully saturated rings. The Balaban J connectivity index is 1.61. The summed E-state index contributed by atoms with van der Waals surface area (Å²) < 4.78 is 29.0. The third-order valence-corrected chi connectivity index (χ3v) is 5.18. The fourth-order valence-corrected chi connectivity index (χ4v) is 4.08. The number of carbonyl (C=O) groups is 2. The number of carbonyl (C=O) groups excluding carboxylic acids is 2. The van der Waals surface area contributed by atoms with Gasteiger partial charge in [0.05, 0.1) is 11.1 Å². The van der Waals surface area contributed by atoms with Gasteiger partial charge in [-0.15, -0.1) is 0 Å². The van der Waals surface area contributed by atoms with Crippen molar-refractivity contribution in [1.82, 2.24) is 0 Å². The van der Waals surface area contributed by atoms with Gasteiger partial charge in [-0.25, -0.2) is 9.59 Å². The molecular formula is C20H26O7. The van der Waals surface area contributed by atoms with Gasteiger partial charge in [-0.05, 0) is 38.5 Å². The molecule has 0 amide bonds. The second-order valence-electron chi connectivity index (χ2n) is 8.37. The van der Waals surface area contributed by atoms with E-state index in [1.54, 1.807) is 27.7 Å². The topological polar surface area (TPSA) is 80.3 Å². The first-order valence-electron chi connectivity index (χ1n) is 9.61. The van der Waals surface area contributed by atoms with Crippen molar-refractivity contribution in [2.75, 3.05) is 0 Å². The van der Waals surface area contributed by atoms with Crippen molar-refractivity contribution in [3.8, 4) is 0 Å². The van der Waals surface area contributed by atoms with E-state index in [2.05, 4.69) is 0 Å². The van der Waals surface area contributed by atoms with Crippen molar-refractivity contribution in [3.63, 3.8) is 0 Å². The lowest BCUT2D eigenvalue weighted by molar-refractivity contribution is -0.225. The Bertz CT molecular complexity index is 681. The highest BCUT2D eigenvalue weighted by molar-refractivity contribution is 5.91. The van der Waals surface area contributed by atoms with Crippen molar-refractivity contribution in [2.24, 2.45) is 0 Å². The van der Waals surface area contributed by atoms with E-state index in [0.29, 0.717) is 35.5 Å². The van der Waals surface area contributed by atoms with Crippen molar-refractivity contribution >= 4 is 11.9 Å². The molecule has 0 saturated carbocycles. The van der Waals surface area contributed by atoms with Crippen LogP contribution >= 0.6 is 0 Å². The molecule has 0 saturated heterocycles. The number of esters is 2. The average Bonchev–Trinajstić information content (AvgIpc) is 2.54. The van der Waals surface area contributed by atoms with Gasteiger partial charge in [0.15, 0.2) is 0 Å².